The smallest absolute Gasteiger partial charge is 0.128 e. The van der Waals surface area contributed by atoms with Gasteiger partial charge in [-0.05, 0) is 25.9 Å². The van der Waals surface area contributed by atoms with E-state index < -0.39 is 6.17 Å². The van der Waals surface area contributed by atoms with Crippen molar-refractivity contribution in [2.75, 3.05) is 19.6 Å². The molecular weight excluding hydrogens is 155 g/mol. The average molecular weight is 174 g/mol. The molecule has 1 saturated heterocycles. The largest absolute Gasteiger partial charge is 0.325 e. The molecule has 1 aliphatic rings. The van der Waals surface area contributed by atoms with Crippen LogP contribution in [-0.2, 0) is 0 Å². The van der Waals surface area contributed by atoms with Gasteiger partial charge in [0.2, 0.25) is 0 Å². The molecule has 72 valence electrons. The number of nitrogens with two attached hydrogens (primary N) is 1. The first-order chi connectivity index (χ1) is 5.74. The van der Waals surface area contributed by atoms with Crippen molar-refractivity contribution in [2.24, 2.45) is 5.73 Å². The van der Waals surface area contributed by atoms with Gasteiger partial charge in [0.25, 0.3) is 0 Å². The highest BCUT2D eigenvalue weighted by molar-refractivity contribution is 4.82. The molecule has 0 amide bonds. The number of hydrogen-bond acceptors (Lipinski definition) is 2. The van der Waals surface area contributed by atoms with Crippen LogP contribution in [0.5, 0.6) is 0 Å². The van der Waals surface area contributed by atoms with Gasteiger partial charge in [-0.15, -0.1) is 0 Å². The first-order valence-corrected chi connectivity index (χ1v) is 4.86. The van der Waals surface area contributed by atoms with Gasteiger partial charge in [-0.2, -0.15) is 0 Å². The summed E-state index contributed by atoms with van der Waals surface area (Å²) in [5, 5.41) is 0. The van der Waals surface area contributed by atoms with Crippen molar-refractivity contribution >= 4 is 0 Å². The van der Waals surface area contributed by atoms with Gasteiger partial charge in [0.05, 0.1) is 0 Å². The summed E-state index contributed by atoms with van der Waals surface area (Å²) in [6, 6.07) is -0.220. The zero-order valence-corrected chi connectivity index (χ0v) is 7.80. The van der Waals surface area contributed by atoms with Crippen LogP contribution >= 0.6 is 0 Å². The highest BCUT2D eigenvalue weighted by Gasteiger charge is 2.25. The number of halogens is 1. The van der Waals surface area contributed by atoms with Crippen LogP contribution in [0.15, 0.2) is 0 Å². The molecule has 3 heteroatoms. The summed E-state index contributed by atoms with van der Waals surface area (Å²) in [4.78, 5) is 2.18. The van der Waals surface area contributed by atoms with Crippen molar-refractivity contribution in [3.05, 3.63) is 0 Å². The summed E-state index contributed by atoms with van der Waals surface area (Å²) in [6.07, 6.45) is 2.35. The quantitative estimate of drug-likeness (QED) is 0.695. The second kappa shape index (κ2) is 4.77. The maximum atomic E-state index is 13.1. The van der Waals surface area contributed by atoms with Crippen molar-refractivity contribution in [3.8, 4) is 0 Å². The van der Waals surface area contributed by atoms with E-state index in [1.807, 2.05) is 0 Å². The van der Waals surface area contributed by atoms with E-state index in [1.54, 1.807) is 0 Å². The highest BCUT2D eigenvalue weighted by atomic mass is 19.1. The first-order valence-electron chi connectivity index (χ1n) is 4.86. The van der Waals surface area contributed by atoms with Crippen molar-refractivity contribution < 1.29 is 4.39 Å². The van der Waals surface area contributed by atoms with Gasteiger partial charge in [0.1, 0.15) is 6.17 Å². The Morgan fingerprint density at radius 3 is 2.92 bits per heavy atom. The fraction of sp³-hybridized carbons (Fsp3) is 1.00. The molecule has 2 N–H and O–H groups in total. The number of unbranched alkanes of at least 4 members (excludes halogenated alkanes) is 1. The van der Waals surface area contributed by atoms with E-state index in [9.17, 15) is 4.39 Å². The van der Waals surface area contributed by atoms with Crippen molar-refractivity contribution in [1.82, 2.24) is 4.90 Å². The van der Waals surface area contributed by atoms with Crippen LogP contribution in [0.4, 0.5) is 4.39 Å². The molecule has 1 heterocycles. The van der Waals surface area contributed by atoms with Crippen LogP contribution in [-0.4, -0.2) is 36.7 Å². The highest BCUT2D eigenvalue weighted by Crippen LogP contribution is 2.12. The van der Waals surface area contributed by atoms with Crippen LogP contribution in [0, 0.1) is 0 Å². The summed E-state index contributed by atoms with van der Waals surface area (Å²) in [6.45, 7) is 4.70. The molecular formula is C9H19FN2. The topological polar surface area (TPSA) is 29.3 Å². The summed E-state index contributed by atoms with van der Waals surface area (Å²) in [7, 11) is 0. The van der Waals surface area contributed by atoms with Gasteiger partial charge in [0.15, 0.2) is 0 Å². The molecule has 0 saturated carbocycles. The van der Waals surface area contributed by atoms with Crippen LogP contribution in [0.2, 0.25) is 0 Å². The number of nitrogens with zero attached hydrogens (tertiary/aromatic N) is 1. The molecule has 0 bridgehead atoms. The molecule has 2 unspecified atom stereocenters. The van der Waals surface area contributed by atoms with Gasteiger partial charge < -0.3 is 10.6 Å². The lowest BCUT2D eigenvalue weighted by atomic mass is 10.0. The van der Waals surface area contributed by atoms with Crippen molar-refractivity contribution in [1.29, 1.82) is 0 Å². The minimum atomic E-state index is -0.810. The minimum Gasteiger partial charge on any atom is -0.325 e. The maximum Gasteiger partial charge on any atom is 0.128 e. The maximum absolute atomic E-state index is 13.1. The molecule has 2 nitrogen and oxygen atoms in total. The predicted octanol–water partition coefficient (Wildman–Crippen LogP) is 1.16. The molecule has 1 rings (SSSR count). The molecule has 0 aliphatic carbocycles. The lowest BCUT2D eigenvalue weighted by molar-refractivity contribution is 0.118. The molecule has 0 aromatic rings. The molecule has 0 radical (unpaired) electrons. The van der Waals surface area contributed by atoms with Gasteiger partial charge in [-0.1, -0.05) is 13.3 Å². The molecule has 2 atom stereocenters. The molecule has 1 fully saturated rings. The van der Waals surface area contributed by atoms with E-state index in [2.05, 4.69) is 11.8 Å². The average Bonchev–Trinajstić information content (AvgIpc) is 2.07. The third-order valence-corrected chi connectivity index (χ3v) is 2.50. The van der Waals surface area contributed by atoms with Crippen molar-refractivity contribution in [2.45, 2.75) is 38.4 Å². The van der Waals surface area contributed by atoms with Crippen LogP contribution in [0.3, 0.4) is 0 Å². The number of rotatable bonds is 3. The molecule has 1 aliphatic heterocycles. The van der Waals surface area contributed by atoms with Gasteiger partial charge in [-0.25, -0.2) is 4.39 Å². The summed E-state index contributed by atoms with van der Waals surface area (Å²) in [5.74, 6) is 0. The summed E-state index contributed by atoms with van der Waals surface area (Å²) in [5.41, 5.74) is 5.57. The third-order valence-electron chi connectivity index (χ3n) is 2.50. The van der Waals surface area contributed by atoms with E-state index in [1.165, 1.54) is 12.8 Å². The van der Waals surface area contributed by atoms with E-state index in [4.69, 9.17) is 5.73 Å². The second-order valence-corrected chi connectivity index (χ2v) is 3.62. The zero-order valence-electron chi connectivity index (χ0n) is 7.80. The second-order valence-electron chi connectivity index (χ2n) is 3.62. The SMILES string of the molecule is CCCCN1CCC(N)C(F)C1. The molecule has 0 aromatic heterocycles. The number of hydrogen-bond donors (Lipinski definition) is 1. The van der Waals surface area contributed by atoms with E-state index in [0.29, 0.717) is 6.54 Å². The fourth-order valence-corrected chi connectivity index (χ4v) is 1.57. The van der Waals surface area contributed by atoms with E-state index in [0.717, 1.165) is 19.5 Å². The minimum absolute atomic E-state index is 0.220. The van der Waals surface area contributed by atoms with Gasteiger partial charge in [-0.3, -0.25) is 0 Å². The number of alkyl halides is 1. The van der Waals surface area contributed by atoms with Crippen LogP contribution < -0.4 is 5.73 Å². The lowest BCUT2D eigenvalue weighted by Crippen LogP contribution is -2.48. The van der Waals surface area contributed by atoms with Gasteiger partial charge in [0, 0.05) is 12.6 Å². The lowest BCUT2D eigenvalue weighted by Gasteiger charge is -2.32. The zero-order chi connectivity index (χ0) is 8.97. The molecule has 0 aromatic carbocycles. The number of piperidine rings is 1. The summed E-state index contributed by atoms with van der Waals surface area (Å²) >= 11 is 0. The van der Waals surface area contributed by atoms with E-state index >= 15 is 0 Å². The summed E-state index contributed by atoms with van der Waals surface area (Å²) < 4.78 is 13.1. The van der Waals surface area contributed by atoms with E-state index in [-0.39, 0.29) is 6.04 Å². The first kappa shape index (κ1) is 9.93. The Kier molecular flexibility index (Phi) is 3.95. The Bertz CT molecular complexity index is 128. The third kappa shape index (κ3) is 2.72. The Balaban J connectivity index is 2.21. The number of likely N-dealkylation sites (tertiary alicyclic amines) is 1. The predicted molar refractivity (Wildman–Crippen MR) is 48.8 cm³/mol. The Hall–Kier alpha value is -0.150. The Morgan fingerprint density at radius 1 is 1.58 bits per heavy atom. The van der Waals surface area contributed by atoms with Crippen LogP contribution in [0.25, 0.3) is 0 Å². The monoisotopic (exact) mass is 174 g/mol. The standard InChI is InChI=1S/C9H19FN2/c1-2-3-5-12-6-4-9(11)8(10)7-12/h8-9H,2-7,11H2,1H3. The van der Waals surface area contributed by atoms with Gasteiger partial charge >= 0.3 is 0 Å². The Labute approximate surface area is 73.9 Å². The Morgan fingerprint density at radius 2 is 2.33 bits per heavy atom. The molecule has 0 spiro atoms. The normalized spacial score (nSPS) is 32.2. The molecule has 12 heavy (non-hydrogen) atoms. The van der Waals surface area contributed by atoms with Crippen LogP contribution in [0.1, 0.15) is 26.2 Å². The van der Waals surface area contributed by atoms with Crippen molar-refractivity contribution in [3.63, 3.8) is 0 Å². The fourth-order valence-electron chi connectivity index (χ4n) is 1.57.